The first-order valence-electron chi connectivity index (χ1n) is 12.1. The van der Waals surface area contributed by atoms with E-state index in [4.69, 9.17) is 0 Å². The Morgan fingerprint density at radius 2 is 1.67 bits per heavy atom. The zero-order valence-corrected chi connectivity index (χ0v) is 18.2. The molecule has 0 aromatic carbocycles. The molecule has 27 heavy (non-hydrogen) atoms. The lowest BCUT2D eigenvalue weighted by Gasteiger charge is -2.62. The minimum Gasteiger partial charge on any atom is -0.393 e. The van der Waals surface area contributed by atoms with Gasteiger partial charge >= 0.3 is 0 Å². The molecule has 0 amide bonds. The van der Waals surface area contributed by atoms with E-state index in [-0.39, 0.29) is 17.4 Å². The van der Waals surface area contributed by atoms with Crippen LogP contribution in [0.2, 0.25) is 0 Å². The van der Waals surface area contributed by atoms with Crippen molar-refractivity contribution in [1.29, 1.82) is 0 Å². The molecule has 4 aliphatic rings. The monoisotopic (exact) mass is 374 g/mol. The molecule has 4 rings (SSSR count). The van der Waals surface area contributed by atoms with E-state index in [0.29, 0.717) is 34.9 Å². The van der Waals surface area contributed by atoms with Crippen LogP contribution in [0.3, 0.4) is 0 Å². The number of carbonyl (C=O) groups excluding carboxylic acids is 1. The maximum absolute atomic E-state index is 13.8. The van der Waals surface area contributed by atoms with Gasteiger partial charge in [0.05, 0.1) is 6.10 Å². The van der Waals surface area contributed by atoms with Gasteiger partial charge in [-0.25, -0.2) is 0 Å². The highest BCUT2D eigenvalue weighted by atomic mass is 16.3. The zero-order valence-electron chi connectivity index (χ0n) is 18.2. The quantitative estimate of drug-likeness (QED) is 0.654. The second-order valence-corrected chi connectivity index (χ2v) is 11.2. The molecule has 0 aromatic heterocycles. The Balaban J connectivity index is 1.66. The molecule has 4 saturated carbocycles. The van der Waals surface area contributed by atoms with Crippen LogP contribution in [0.15, 0.2) is 0 Å². The number of hydrogen-bond donors (Lipinski definition) is 1. The lowest BCUT2D eigenvalue weighted by Crippen LogP contribution is -2.60. The van der Waals surface area contributed by atoms with Crippen molar-refractivity contribution in [2.45, 2.75) is 104 Å². The van der Waals surface area contributed by atoms with Crippen molar-refractivity contribution in [3.05, 3.63) is 0 Å². The van der Waals surface area contributed by atoms with Crippen molar-refractivity contribution in [3.8, 4) is 0 Å². The summed E-state index contributed by atoms with van der Waals surface area (Å²) in [6.45, 7) is 9.57. The highest BCUT2D eigenvalue weighted by Gasteiger charge is 2.64. The molecule has 0 bridgehead atoms. The third kappa shape index (κ3) is 2.87. The first kappa shape index (κ1) is 19.9. The van der Waals surface area contributed by atoms with Gasteiger partial charge in [-0.1, -0.05) is 40.5 Å². The van der Waals surface area contributed by atoms with Crippen molar-refractivity contribution < 1.29 is 9.90 Å². The zero-order chi connectivity index (χ0) is 19.4. The van der Waals surface area contributed by atoms with Crippen molar-refractivity contribution in [2.24, 2.45) is 46.3 Å². The fourth-order valence-corrected chi connectivity index (χ4v) is 8.67. The minimum absolute atomic E-state index is 0.180. The average molecular weight is 375 g/mol. The number of aliphatic hydroxyl groups is 1. The smallest absolute Gasteiger partial charge is 0.139 e. The van der Waals surface area contributed by atoms with Gasteiger partial charge in [0.1, 0.15) is 5.78 Å². The van der Waals surface area contributed by atoms with Crippen molar-refractivity contribution >= 4 is 5.78 Å². The largest absolute Gasteiger partial charge is 0.393 e. The molecule has 0 aromatic rings. The van der Waals surface area contributed by atoms with Crippen LogP contribution in [-0.4, -0.2) is 17.0 Å². The standard InChI is InChI=1S/C25H42O2/c1-5-7-8-16-9-10-19-22-20(12-14-24(16,19)3)25(4)13-11-17(26)15-21(25)18(6-2)23(22)27/h16-22,26H,5-15H2,1-4H3/t16?,17-,18-,19?,20?,21?,22?,24?,25?/m1/s1. The molecule has 0 radical (unpaired) electrons. The third-order valence-corrected chi connectivity index (χ3v) is 10.2. The summed E-state index contributed by atoms with van der Waals surface area (Å²) in [7, 11) is 0. The van der Waals surface area contributed by atoms with Crippen LogP contribution in [0.25, 0.3) is 0 Å². The molecule has 0 saturated heterocycles. The van der Waals surface area contributed by atoms with Crippen LogP contribution in [0.1, 0.15) is 98.3 Å². The molecular weight excluding hydrogens is 332 g/mol. The first-order valence-corrected chi connectivity index (χ1v) is 12.1. The van der Waals surface area contributed by atoms with E-state index in [1.807, 2.05) is 0 Å². The number of aliphatic hydroxyl groups excluding tert-OH is 1. The van der Waals surface area contributed by atoms with E-state index in [1.54, 1.807) is 0 Å². The van der Waals surface area contributed by atoms with Crippen LogP contribution < -0.4 is 0 Å². The molecule has 7 unspecified atom stereocenters. The summed E-state index contributed by atoms with van der Waals surface area (Å²) in [6, 6.07) is 0. The number of hydrogen-bond acceptors (Lipinski definition) is 2. The van der Waals surface area contributed by atoms with E-state index in [2.05, 4.69) is 27.7 Å². The lowest BCUT2D eigenvalue weighted by atomic mass is 9.42. The molecule has 154 valence electrons. The molecule has 0 aliphatic heterocycles. The Hall–Kier alpha value is -0.370. The summed E-state index contributed by atoms with van der Waals surface area (Å²) in [5.74, 6) is 3.58. The van der Waals surface area contributed by atoms with Crippen LogP contribution in [0.4, 0.5) is 0 Å². The predicted molar refractivity (Wildman–Crippen MR) is 110 cm³/mol. The second kappa shape index (κ2) is 7.15. The van der Waals surface area contributed by atoms with Crippen LogP contribution in [0.5, 0.6) is 0 Å². The van der Waals surface area contributed by atoms with Gasteiger partial charge in [0.2, 0.25) is 0 Å². The van der Waals surface area contributed by atoms with E-state index in [9.17, 15) is 9.90 Å². The summed E-state index contributed by atoms with van der Waals surface area (Å²) in [5.41, 5.74) is 0.684. The number of rotatable bonds is 4. The van der Waals surface area contributed by atoms with Gasteiger partial charge in [0, 0.05) is 11.8 Å². The Kier molecular flexibility index (Phi) is 5.28. The Morgan fingerprint density at radius 3 is 2.37 bits per heavy atom. The normalized spacial score (nSPS) is 52.2. The summed E-state index contributed by atoms with van der Waals surface area (Å²) < 4.78 is 0. The number of fused-ring (bicyclic) bond motifs is 5. The Labute approximate surface area is 166 Å². The average Bonchev–Trinajstić information content (AvgIpc) is 2.98. The SMILES string of the molecule is CCCCC1CCC2C3C(=O)[C@H](CC)C4C[C@H](O)CCC4(C)C3CCC12C. The van der Waals surface area contributed by atoms with E-state index < -0.39 is 0 Å². The van der Waals surface area contributed by atoms with Gasteiger partial charge in [-0.05, 0) is 92.3 Å². The molecule has 9 atom stereocenters. The molecule has 1 N–H and O–H groups in total. The van der Waals surface area contributed by atoms with Crippen molar-refractivity contribution in [2.75, 3.05) is 0 Å². The number of ketones is 1. The van der Waals surface area contributed by atoms with Gasteiger partial charge < -0.3 is 5.11 Å². The maximum atomic E-state index is 13.8. The number of carbonyl (C=O) groups is 1. The van der Waals surface area contributed by atoms with Crippen LogP contribution in [0, 0.1) is 46.3 Å². The number of Topliss-reactive ketones (excluding diaryl/α,β-unsaturated/α-hetero) is 1. The molecular formula is C25H42O2. The molecule has 0 spiro atoms. The van der Waals surface area contributed by atoms with Gasteiger partial charge in [-0.3, -0.25) is 4.79 Å². The third-order valence-electron chi connectivity index (χ3n) is 10.2. The van der Waals surface area contributed by atoms with Gasteiger partial charge in [-0.2, -0.15) is 0 Å². The fraction of sp³-hybridized carbons (Fsp3) is 0.960. The molecule has 4 fully saturated rings. The lowest BCUT2D eigenvalue weighted by molar-refractivity contribution is -0.172. The Morgan fingerprint density at radius 1 is 0.963 bits per heavy atom. The van der Waals surface area contributed by atoms with Crippen molar-refractivity contribution in [1.82, 2.24) is 0 Å². The van der Waals surface area contributed by atoms with Gasteiger partial charge in [0.15, 0.2) is 0 Å². The van der Waals surface area contributed by atoms with Crippen molar-refractivity contribution in [3.63, 3.8) is 0 Å². The molecule has 0 heterocycles. The first-order chi connectivity index (χ1) is 12.9. The summed E-state index contributed by atoms with van der Waals surface area (Å²) in [6.07, 6.45) is 13.0. The van der Waals surface area contributed by atoms with Gasteiger partial charge in [0.25, 0.3) is 0 Å². The summed E-state index contributed by atoms with van der Waals surface area (Å²) in [5, 5.41) is 10.4. The van der Waals surface area contributed by atoms with Gasteiger partial charge in [-0.15, -0.1) is 0 Å². The van der Waals surface area contributed by atoms with Crippen LogP contribution in [-0.2, 0) is 4.79 Å². The molecule has 4 aliphatic carbocycles. The molecule has 2 heteroatoms. The minimum atomic E-state index is -0.180. The maximum Gasteiger partial charge on any atom is 0.139 e. The highest BCUT2D eigenvalue weighted by molar-refractivity contribution is 5.86. The number of unbranched alkanes of at least 4 members (excludes halogenated alkanes) is 1. The predicted octanol–water partition coefficient (Wildman–Crippen LogP) is 6.01. The van der Waals surface area contributed by atoms with E-state index in [0.717, 1.165) is 31.6 Å². The summed E-state index contributed by atoms with van der Waals surface area (Å²) in [4.78, 5) is 13.8. The summed E-state index contributed by atoms with van der Waals surface area (Å²) >= 11 is 0. The highest BCUT2D eigenvalue weighted by Crippen LogP contribution is 2.68. The topological polar surface area (TPSA) is 37.3 Å². The van der Waals surface area contributed by atoms with E-state index in [1.165, 1.54) is 44.9 Å². The van der Waals surface area contributed by atoms with E-state index >= 15 is 0 Å². The Bertz CT molecular complexity index is 571. The fourth-order valence-electron chi connectivity index (χ4n) is 8.67. The second-order valence-electron chi connectivity index (χ2n) is 11.2. The van der Waals surface area contributed by atoms with Crippen LogP contribution >= 0.6 is 0 Å². The molecule has 2 nitrogen and oxygen atoms in total.